The van der Waals surface area contributed by atoms with Crippen LogP contribution in [0.5, 0.6) is 0 Å². The molecule has 0 radical (unpaired) electrons. The van der Waals surface area contributed by atoms with Crippen molar-refractivity contribution in [1.82, 2.24) is 19.0 Å². The van der Waals surface area contributed by atoms with Crippen LogP contribution in [0.2, 0.25) is 0 Å². The van der Waals surface area contributed by atoms with Crippen molar-refractivity contribution in [3.63, 3.8) is 0 Å². The van der Waals surface area contributed by atoms with Crippen LogP contribution in [0.1, 0.15) is 12.8 Å². The van der Waals surface area contributed by atoms with Crippen molar-refractivity contribution in [1.29, 1.82) is 0 Å². The number of nitrogens with zero attached hydrogens (tertiary/aromatic N) is 4. The molecule has 9 heteroatoms. The van der Waals surface area contributed by atoms with Gasteiger partial charge in [0.15, 0.2) is 0 Å². The van der Waals surface area contributed by atoms with Crippen LogP contribution in [0, 0.1) is 0 Å². The van der Waals surface area contributed by atoms with Gasteiger partial charge in [-0.1, -0.05) is 0 Å². The normalized spacial score (nSPS) is 20.8. The predicted octanol–water partition coefficient (Wildman–Crippen LogP) is -0.318. The second-order valence-corrected chi connectivity index (χ2v) is 7.33. The molecule has 2 heterocycles. The SMILES string of the molecule is CN(C)C1CCCN(S(=O)(=O)c2cnn(CC(=O)O)c2)C1. The van der Waals surface area contributed by atoms with Gasteiger partial charge in [0.1, 0.15) is 11.4 Å². The largest absolute Gasteiger partial charge is 0.480 e. The molecule has 2 rings (SSSR count). The maximum absolute atomic E-state index is 12.6. The summed E-state index contributed by atoms with van der Waals surface area (Å²) in [5, 5.41) is 12.5. The molecule has 1 fully saturated rings. The first-order valence-electron chi connectivity index (χ1n) is 6.71. The Labute approximate surface area is 124 Å². The van der Waals surface area contributed by atoms with Crippen LogP contribution in [0.25, 0.3) is 0 Å². The zero-order chi connectivity index (χ0) is 15.6. The molecule has 118 valence electrons. The molecular formula is C12H20N4O4S. The van der Waals surface area contributed by atoms with Crippen molar-refractivity contribution < 1.29 is 18.3 Å². The van der Waals surface area contributed by atoms with Crippen LogP contribution >= 0.6 is 0 Å². The molecule has 1 unspecified atom stereocenters. The first kappa shape index (κ1) is 15.9. The summed E-state index contributed by atoms with van der Waals surface area (Å²) >= 11 is 0. The van der Waals surface area contributed by atoms with Crippen LogP contribution in [-0.2, 0) is 21.4 Å². The molecule has 1 aromatic rings. The lowest BCUT2D eigenvalue weighted by molar-refractivity contribution is -0.137. The molecular weight excluding hydrogens is 296 g/mol. The Kier molecular flexibility index (Phi) is 4.64. The minimum Gasteiger partial charge on any atom is -0.480 e. The molecule has 1 aromatic heterocycles. The van der Waals surface area contributed by atoms with E-state index in [4.69, 9.17) is 5.11 Å². The van der Waals surface area contributed by atoms with E-state index < -0.39 is 16.0 Å². The molecule has 1 aliphatic rings. The summed E-state index contributed by atoms with van der Waals surface area (Å²) < 4.78 is 27.7. The Balaban J connectivity index is 2.17. The summed E-state index contributed by atoms with van der Waals surface area (Å²) in [5.74, 6) is -1.06. The summed E-state index contributed by atoms with van der Waals surface area (Å²) in [7, 11) is 0.259. The molecule has 1 saturated heterocycles. The van der Waals surface area contributed by atoms with Crippen molar-refractivity contribution >= 4 is 16.0 Å². The zero-order valence-corrected chi connectivity index (χ0v) is 13.0. The van der Waals surface area contributed by atoms with E-state index in [1.165, 1.54) is 16.7 Å². The molecule has 1 atom stereocenters. The lowest BCUT2D eigenvalue weighted by Crippen LogP contribution is -2.47. The molecule has 0 aromatic carbocycles. The monoisotopic (exact) mass is 316 g/mol. The summed E-state index contributed by atoms with van der Waals surface area (Å²) in [4.78, 5) is 12.7. The number of carbonyl (C=O) groups is 1. The number of aliphatic carboxylic acids is 1. The number of hydrogen-bond acceptors (Lipinski definition) is 5. The number of aromatic nitrogens is 2. The van der Waals surface area contributed by atoms with Gasteiger partial charge in [-0.25, -0.2) is 8.42 Å². The number of sulfonamides is 1. The lowest BCUT2D eigenvalue weighted by atomic mass is 10.1. The Hall–Kier alpha value is -1.45. The number of piperidine rings is 1. The predicted molar refractivity (Wildman–Crippen MR) is 75.3 cm³/mol. The van der Waals surface area contributed by atoms with Crippen LogP contribution < -0.4 is 0 Å². The average molecular weight is 316 g/mol. The van der Waals surface area contributed by atoms with E-state index in [0.717, 1.165) is 17.5 Å². The average Bonchev–Trinajstić information content (AvgIpc) is 2.87. The molecule has 21 heavy (non-hydrogen) atoms. The molecule has 0 amide bonds. The number of rotatable bonds is 5. The van der Waals surface area contributed by atoms with Gasteiger partial charge in [-0.2, -0.15) is 9.40 Å². The fourth-order valence-electron chi connectivity index (χ4n) is 2.41. The van der Waals surface area contributed by atoms with Gasteiger partial charge < -0.3 is 10.0 Å². The van der Waals surface area contributed by atoms with Gasteiger partial charge in [0.25, 0.3) is 0 Å². The van der Waals surface area contributed by atoms with Crippen LogP contribution in [0.3, 0.4) is 0 Å². The fraction of sp³-hybridized carbons (Fsp3) is 0.667. The van der Waals surface area contributed by atoms with Crippen molar-refractivity contribution in [2.24, 2.45) is 0 Å². The Morgan fingerprint density at radius 3 is 2.86 bits per heavy atom. The summed E-state index contributed by atoms with van der Waals surface area (Å²) in [6, 6.07) is 0.197. The second-order valence-electron chi connectivity index (χ2n) is 5.39. The smallest absolute Gasteiger partial charge is 0.325 e. The van der Waals surface area contributed by atoms with E-state index in [2.05, 4.69) is 5.10 Å². The highest BCUT2D eigenvalue weighted by Crippen LogP contribution is 2.21. The van der Waals surface area contributed by atoms with Crippen molar-refractivity contribution in [2.75, 3.05) is 27.2 Å². The third-order valence-electron chi connectivity index (χ3n) is 3.63. The topological polar surface area (TPSA) is 95.7 Å². The van der Waals surface area contributed by atoms with E-state index in [9.17, 15) is 13.2 Å². The van der Waals surface area contributed by atoms with Gasteiger partial charge in [0.2, 0.25) is 10.0 Å². The van der Waals surface area contributed by atoms with Gasteiger partial charge in [0.05, 0.1) is 6.20 Å². The van der Waals surface area contributed by atoms with Gasteiger partial charge >= 0.3 is 5.97 Å². The highest BCUT2D eigenvalue weighted by molar-refractivity contribution is 7.89. The van der Waals surface area contributed by atoms with Gasteiger partial charge in [-0.15, -0.1) is 0 Å². The van der Waals surface area contributed by atoms with Crippen molar-refractivity contribution in [2.45, 2.75) is 30.3 Å². The Bertz CT molecular complexity index is 611. The third kappa shape index (κ3) is 3.60. The molecule has 0 aliphatic carbocycles. The molecule has 0 saturated carbocycles. The second kappa shape index (κ2) is 6.12. The summed E-state index contributed by atoms with van der Waals surface area (Å²) in [6.45, 7) is 0.575. The lowest BCUT2D eigenvalue weighted by Gasteiger charge is -2.35. The quantitative estimate of drug-likeness (QED) is 0.800. The molecule has 0 spiro atoms. The summed E-state index contributed by atoms with van der Waals surface area (Å²) in [6.07, 6.45) is 4.25. The van der Waals surface area contributed by atoms with Crippen molar-refractivity contribution in [3.05, 3.63) is 12.4 Å². The maximum Gasteiger partial charge on any atom is 0.325 e. The minimum absolute atomic E-state index is 0.0446. The first-order valence-corrected chi connectivity index (χ1v) is 8.15. The first-order chi connectivity index (χ1) is 9.80. The van der Waals surface area contributed by atoms with E-state index >= 15 is 0 Å². The Morgan fingerprint density at radius 1 is 1.52 bits per heavy atom. The standard InChI is InChI=1S/C12H20N4O4S/c1-14(2)10-4-3-5-16(7-10)21(19,20)11-6-13-15(8-11)9-12(17)18/h6,8,10H,3-5,7,9H2,1-2H3,(H,17,18). The molecule has 0 bridgehead atoms. The van der Waals surface area contributed by atoms with E-state index in [1.807, 2.05) is 19.0 Å². The Morgan fingerprint density at radius 2 is 2.24 bits per heavy atom. The van der Waals surface area contributed by atoms with Crippen LogP contribution in [-0.4, -0.2) is 71.7 Å². The molecule has 8 nitrogen and oxygen atoms in total. The van der Waals surface area contributed by atoms with Gasteiger partial charge in [0, 0.05) is 25.3 Å². The van der Waals surface area contributed by atoms with E-state index in [0.29, 0.717) is 13.1 Å². The maximum atomic E-state index is 12.6. The number of carboxylic acid groups (broad SMARTS) is 1. The highest BCUT2D eigenvalue weighted by Gasteiger charge is 2.31. The van der Waals surface area contributed by atoms with Crippen molar-refractivity contribution in [3.8, 4) is 0 Å². The number of likely N-dealkylation sites (N-methyl/N-ethyl adjacent to an activating group) is 1. The minimum atomic E-state index is -3.61. The molecule has 1 N–H and O–H groups in total. The van der Waals surface area contributed by atoms with Gasteiger partial charge in [-0.3, -0.25) is 9.48 Å². The number of hydrogen-bond donors (Lipinski definition) is 1. The third-order valence-corrected chi connectivity index (χ3v) is 5.45. The van der Waals surface area contributed by atoms with Crippen LogP contribution in [0.4, 0.5) is 0 Å². The molecule has 1 aliphatic heterocycles. The van der Waals surface area contributed by atoms with Crippen LogP contribution in [0.15, 0.2) is 17.3 Å². The van der Waals surface area contributed by atoms with E-state index in [1.54, 1.807) is 0 Å². The number of carboxylic acids is 1. The van der Waals surface area contributed by atoms with Gasteiger partial charge in [-0.05, 0) is 26.9 Å². The fourth-order valence-corrected chi connectivity index (χ4v) is 3.88. The highest BCUT2D eigenvalue weighted by atomic mass is 32.2. The zero-order valence-electron chi connectivity index (χ0n) is 12.1. The summed E-state index contributed by atoms with van der Waals surface area (Å²) in [5.41, 5.74) is 0. The van der Waals surface area contributed by atoms with E-state index in [-0.39, 0.29) is 17.5 Å².